The summed E-state index contributed by atoms with van der Waals surface area (Å²) in [6, 6.07) is 11.8. The molecule has 2 atom stereocenters. The van der Waals surface area contributed by atoms with Crippen molar-refractivity contribution in [3.05, 3.63) is 59.3 Å². The number of aryl methyl sites for hydroxylation is 2. The van der Waals surface area contributed by atoms with Crippen LogP contribution in [-0.4, -0.2) is 39.7 Å². The zero-order valence-electron chi connectivity index (χ0n) is 18.4. The van der Waals surface area contributed by atoms with Crippen molar-refractivity contribution in [3.8, 4) is 0 Å². The van der Waals surface area contributed by atoms with Crippen LogP contribution in [0, 0.1) is 0 Å². The molecule has 4 N–H and O–H groups in total. The summed E-state index contributed by atoms with van der Waals surface area (Å²) in [5.41, 5.74) is 2.86. The topological polar surface area (TPSA) is 112 Å². The maximum atomic E-state index is 12.2. The van der Waals surface area contributed by atoms with Crippen LogP contribution in [0.3, 0.4) is 0 Å². The smallest absolute Gasteiger partial charge is 0.326 e. The van der Waals surface area contributed by atoms with Crippen molar-refractivity contribution in [2.45, 2.75) is 69.9 Å². The number of nitrogens with one attached hydrogen (secondary N) is 2. The standard InChI is InChI=1S/C25H33N3O4/c29-22(18-10-5-4-6-11-18)24(30)28-21(25(31)32)14-8-3-1-2-7-13-20-16-15-19-12-9-17-26-23(19)27-20/h4-6,10-11,15-16,21-22,29H,1-3,7-9,12-14,17H2,(H,26,27)(H,28,30)(H,31,32)/t21?,22-/m1/s1. The fraction of sp³-hybridized carbons (Fsp3) is 0.480. The van der Waals surface area contributed by atoms with Crippen LogP contribution in [0.5, 0.6) is 0 Å². The first-order valence-electron chi connectivity index (χ1n) is 11.5. The Morgan fingerprint density at radius 2 is 1.78 bits per heavy atom. The predicted octanol–water partition coefficient (Wildman–Crippen LogP) is 3.63. The molecule has 32 heavy (non-hydrogen) atoms. The third-order valence-corrected chi connectivity index (χ3v) is 5.86. The van der Waals surface area contributed by atoms with E-state index in [4.69, 9.17) is 4.98 Å². The van der Waals surface area contributed by atoms with Crippen LogP contribution in [0.1, 0.15) is 67.9 Å². The zero-order chi connectivity index (χ0) is 22.8. The predicted molar refractivity (Wildman–Crippen MR) is 123 cm³/mol. The molecule has 1 aromatic carbocycles. The first-order valence-corrected chi connectivity index (χ1v) is 11.5. The fourth-order valence-corrected chi connectivity index (χ4v) is 3.99. The molecule has 172 valence electrons. The Morgan fingerprint density at radius 1 is 1.03 bits per heavy atom. The highest BCUT2D eigenvalue weighted by Crippen LogP contribution is 2.20. The highest BCUT2D eigenvalue weighted by atomic mass is 16.4. The van der Waals surface area contributed by atoms with Crippen LogP contribution >= 0.6 is 0 Å². The second-order valence-corrected chi connectivity index (χ2v) is 8.36. The number of nitrogens with zero attached hydrogens (tertiary/aromatic N) is 1. The van der Waals surface area contributed by atoms with Gasteiger partial charge in [0, 0.05) is 12.2 Å². The molecule has 7 nitrogen and oxygen atoms in total. The van der Waals surface area contributed by atoms with Gasteiger partial charge < -0.3 is 20.8 Å². The molecular formula is C25H33N3O4. The fourth-order valence-electron chi connectivity index (χ4n) is 3.99. The van der Waals surface area contributed by atoms with Gasteiger partial charge in [-0.2, -0.15) is 0 Å². The van der Waals surface area contributed by atoms with Gasteiger partial charge in [-0.3, -0.25) is 4.79 Å². The number of rotatable bonds is 12. The van der Waals surface area contributed by atoms with Crippen LogP contribution in [-0.2, 0) is 22.4 Å². The highest BCUT2D eigenvalue weighted by molar-refractivity contribution is 5.86. The number of aromatic nitrogens is 1. The van der Waals surface area contributed by atoms with E-state index >= 15 is 0 Å². The first kappa shape index (κ1) is 23.7. The number of hydrogen-bond acceptors (Lipinski definition) is 5. The van der Waals surface area contributed by atoms with Gasteiger partial charge in [0.1, 0.15) is 11.9 Å². The summed E-state index contributed by atoms with van der Waals surface area (Å²) in [7, 11) is 0. The van der Waals surface area contributed by atoms with Gasteiger partial charge in [0.25, 0.3) is 5.91 Å². The van der Waals surface area contributed by atoms with E-state index < -0.39 is 24.0 Å². The summed E-state index contributed by atoms with van der Waals surface area (Å²) in [5, 5.41) is 25.4. The summed E-state index contributed by atoms with van der Waals surface area (Å²) in [4.78, 5) is 28.4. The second-order valence-electron chi connectivity index (χ2n) is 8.36. The van der Waals surface area contributed by atoms with E-state index in [-0.39, 0.29) is 0 Å². The molecule has 1 aliphatic heterocycles. The lowest BCUT2D eigenvalue weighted by Gasteiger charge is -2.17. The van der Waals surface area contributed by atoms with Gasteiger partial charge in [0.05, 0.1) is 0 Å². The molecular weight excluding hydrogens is 406 g/mol. The van der Waals surface area contributed by atoms with Gasteiger partial charge in [-0.25, -0.2) is 9.78 Å². The summed E-state index contributed by atoms with van der Waals surface area (Å²) in [5.74, 6) is -0.728. The van der Waals surface area contributed by atoms with Crippen molar-refractivity contribution in [1.29, 1.82) is 0 Å². The van der Waals surface area contributed by atoms with Crippen LogP contribution < -0.4 is 10.6 Å². The minimum absolute atomic E-state index is 0.348. The molecule has 0 aliphatic carbocycles. The van der Waals surface area contributed by atoms with Crippen LogP contribution in [0.25, 0.3) is 0 Å². The van der Waals surface area contributed by atoms with Crippen molar-refractivity contribution < 1.29 is 19.8 Å². The highest BCUT2D eigenvalue weighted by Gasteiger charge is 2.24. The number of aliphatic hydroxyl groups is 1. The number of aliphatic hydroxyl groups excluding tert-OH is 1. The molecule has 2 aromatic rings. The van der Waals surface area contributed by atoms with Crippen LogP contribution in [0.15, 0.2) is 42.5 Å². The van der Waals surface area contributed by atoms with E-state index in [9.17, 15) is 19.8 Å². The first-order chi connectivity index (χ1) is 15.5. The van der Waals surface area contributed by atoms with E-state index in [0.29, 0.717) is 18.4 Å². The Labute approximate surface area is 189 Å². The molecule has 0 spiro atoms. The lowest BCUT2D eigenvalue weighted by molar-refractivity contribution is -0.143. The number of carbonyl (C=O) groups excluding carboxylic acids is 1. The summed E-state index contributed by atoms with van der Waals surface area (Å²) in [6.07, 6.45) is 6.91. The van der Waals surface area contributed by atoms with Crippen molar-refractivity contribution in [1.82, 2.24) is 10.3 Å². The number of carbonyl (C=O) groups is 2. The van der Waals surface area contributed by atoms with E-state index in [1.807, 2.05) is 0 Å². The molecule has 1 aromatic heterocycles. The number of benzene rings is 1. The third-order valence-electron chi connectivity index (χ3n) is 5.86. The van der Waals surface area contributed by atoms with Crippen LogP contribution in [0.4, 0.5) is 5.82 Å². The normalized spacial score (nSPS) is 14.7. The summed E-state index contributed by atoms with van der Waals surface area (Å²) in [6.45, 7) is 0.993. The molecule has 1 amide bonds. The molecule has 2 heterocycles. The number of anilines is 1. The maximum absolute atomic E-state index is 12.2. The SMILES string of the molecule is O=C(O)C(CCCCCCCc1ccc2c(n1)NCCC2)NC(=O)[C@H](O)c1ccccc1. The molecule has 3 rings (SSSR count). The van der Waals surface area contributed by atoms with Crippen molar-refractivity contribution >= 4 is 17.7 Å². The number of unbranched alkanes of at least 4 members (excludes halogenated alkanes) is 4. The molecule has 0 fully saturated rings. The minimum atomic E-state index is -1.37. The molecule has 0 saturated heterocycles. The van der Waals surface area contributed by atoms with Crippen LogP contribution in [0.2, 0.25) is 0 Å². The third kappa shape index (κ3) is 7.05. The molecule has 0 bridgehead atoms. The molecule has 0 radical (unpaired) electrons. The van der Waals surface area contributed by atoms with Crippen molar-refractivity contribution in [3.63, 3.8) is 0 Å². The van der Waals surface area contributed by atoms with Gasteiger partial charge in [0.2, 0.25) is 0 Å². The number of aliphatic carboxylic acids is 1. The lowest BCUT2D eigenvalue weighted by atomic mass is 10.0. The number of hydrogen-bond donors (Lipinski definition) is 4. The second kappa shape index (κ2) is 12.2. The van der Waals surface area contributed by atoms with Crippen molar-refractivity contribution in [2.24, 2.45) is 0 Å². The number of pyridine rings is 1. The Balaban J connectivity index is 1.32. The molecule has 0 saturated carbocycles. The monoisotopic (exact) mass is 439 g/mol. The summed E-state index contributed by atoms with van der Waals surface area (Å²) >= 11 is 0. The Morgan fingerprint density at radius 3 is 2.56 bits per heavy atom. The average Bonchev–Trinajstić information content (AvgIpc) is 2.82. The molecule has 7 heteroatoms. The lowest BCUT2D eigenvalue weighted by Crippen LogP contribution is -2.43. The van der Waals surface area contributed by atoms with Gasteiger partial charge in [-0.1, -0.05) is 62.1 Å². The largest absolute Gasteiger partial charge is 0.480 e. The maximum Gasteiger partial charge on any atom is 0.326 e. The number of carboxylic acid groups (broad SMARTS) is 1. The van der Waals surface area contributed by atoms with Crippen molar-refractivity contribution in [2.75, 3.05) is 11.9 Å². The van der Waals surface area contributed by atoms with Gasteiger partial charge in [0.15, 0.2) is 6.10 Å². The van der Waals surface area contributed by atoms with E-state index in [2.05, 4.69) is 22.8 Å². The molecule has 1 aliphatic rings. The van der Waals surface area contributed by atoms with E-state index in [0.717, 1.165) is 63.0 Å². The van der Waals surface area contributed by atoms with Gasteiger partial charge in [-0.15, -0.1) is 0 Å². The Bertz CT molecular complexity index is 888. The minimum Gasteiger partial charge on any atom is -0.480 e. The zero-order valence-corrected chi connectivity index (χ0v) is 18.4. The van der Waals surface area contributed by atoms with Gasteiger partial charge >= 0.3 is 5.97 Å². The number of fused-ring (bicyclic) bond motifs is 1. The number of carboxylic acids is 1. The van der Waals surface area contributed by atoms with E-state index in [1.165, 1.54) is 5.56 Å². The quantitative estimate of drug-likeness (QED) is 0.376. The number of amides is 1. The average molecular weight is 440 g/mol. The Kier molecular flexibility index (Phi) is 9.04. The molecule has 1 unspecified atom stereocenters. The summed E-state index contributed by atoms with van der Waals surface area (Å²) < 4.78 is 0. The van der Waals surface area contributed by atoms with Gasteiger partial charge in [-0.05, 0) is 49.3 Å². The van der Waals surface area contributed by atoms with E-state index in [1.54, 1.807) is 30.3 Å². The Hall–Kier alpha value is -2.93.